The van der Waals surface area contributed by atoms with Crippen LogP contribution in [0.1, 0.15) is 142 Å². The van der Waals surface area contributed by atoms with Crippen molar-refractivity contribution >= 4 is 29.9 Å². The Bertz CT molecular complexity index is 2440. The molecule has 70 heavy (non-hydrogen) atoms. The second-order valence-corrected chi connectivity index (χ2v) is 24.0. The minimum absolute atomic E-state index is 0. The SMILES string of the molecule is CC1(C)CCC(C)(C)c2cc(-c3cccc(N4CCC(NC(=O)[C@H]5NCC[C@@H]5O)CC4)n3)ccc21.CC1(C)CCC(C)(C)c2cc(-c3cccc(N4CCC(NC[C@H]5NCC[C@@H]5O)CC4)n3)ccc21.Cl. The molecule has 12 heteroatoms. The highest BCUT2D eigenvalue weighted by atomic mass is 35.5. The summed E-state index contributed by atoms with van der Waals surface area (Å²) in [4.78, 5) is 27.4. The van der Waals surface area contributed by atoms with Crippen LogP contribution in [0.25, 0.3) is 22.5 Å². The fraction of sp³-hybridized carbons (Fsp3) is 0.603. The van der Waals surface area contributed by atoms with Gasteiger partial charge in [0.2, 0.25) is 5.91 Å². The molecule has 4 aromatic rings. The number of fused-ring (bicyclic) bond motifs is 2. The first-order chi connectivity index (χ1) is 32.9. The van der Waals surface area contributed by atoms with E-state index in [4.69, 9.17) is 9.97 Å². The largest absolute Gasteiger partial charge is 0.391 e. The molecule has 6 aliphatic rings. The highest BCUT2D eigenvalue weighted by Crippen LogP contribution is 2.48. The Morgan fingerprint density at radius 2 is 1.03 bits per heavy atom. The molecule has 380 valence electrons. The molecule has 11 nitrogen and oxygen atoms in total. The van der Waals surface area contributed by atoms with Gasteiger partial charge in [-0.25, -0.2) is 9.97 Å². The topological polar surface area (TPSA) is 138 Å². The highest BCUT2D eigenvalue weighted by molar-refractivity contribution is 5.85. The van der Waals surface area contributed by atoms with Crippen LogP contribution >= 0.6 is 12.4 Å². The van der Waals surface area contributed by atoms with Crippen LogP contribution in [0.5, 0.6) is 0 Å². The summed E-state index contributed by atoms with van der Waals surface area (Å²) in [7, 11) is 0. The van der Waals surface area contributed by atoms with E-state index >= 15 is 0 Å². The van der Waals surface area contributed by atoms with Gasteiger partial charge in [-0.15, -0.1) is 12.4 Å². The van der Waals surface area contributed by atoms with Gasteiger partial charge in [0, 0.05) is 62.0 Å². The van der Waals surface area contributed by atoms with E-state index in [1.165, 1.54) is 59.1 Å². The van der Waals surface area contributed by atoms with Gasteiger partial charge in [-0.2, -0.15) is 0 Å². The molecule has 2 aromatic heterocycles. The number of hydrogen-bond donors (Lipinski definition) is 6. The molecular formula is C58H83ClN8O3. The zero-order valence-electron chi connectivity index (χ0n) is 43.4. The molecule has 4 fully saturated rings. The monoisotopic (exact) mass is 975 g/mol. The summed E-state index contributed by atoms with van der Waals surface area (Å²) in [6.45, 7) is 25.2. The summed E-state index contributed by atoms with van der Waals surface area (Å²) in [6, 6.07) is 27.1. The van der Waals surface area contributed by atoms with Crippen molar-refractivity contribution in [3.63, 3.8) is 0 Å². The van der Waals surface area contributed by atoms with E-state index < -0.39 is 12.1 Å². The summed E-state index contributed by atoms with van der Waals surface area (Å²) in [5, 5.41) is 33.3. The lowest BCUT2D eigenvalue weighted by atomic mass is 9.63. The molecule has 0 unspecified atom stereocenters. The van der Waals surface area contributed by atoms with Crippen LogP contribution < -0.4 is 31.1 Å². The van der Waals surface area contributed by atoms with Crippen molar-refractivity contribution in [1.82, 2.24) is 31.2 Å². The average Bonchev–Trinajstić information content (AvgIpc) is 3.98. The van der Waals surface area contributed by atoms with Gasteiger partial charge in [-0.1, -0.05) is 91.8 Å². The average molecular weight is 976 g/mol. The van der Waals surface area contributed by atoms with Crippen LogP contribution in [0.2, 0.25) is 0 Å². The number of carbonyl (C=O) groups is 1. The number of carbonyl (C=O) groups excluding carboxylic acids is 1. The third kappa shape index (κ3) is 11.4. The first-order valence-corrected chi connectivity index (χ1v) is 26.5. The number of aliphatic hydroxyl groups excluding tert-OH is 2. The zero-order chi connectivity index (χ0) is 48.7. The lowest BCUT2D eigenvalue weighted by molar-refractivity contribution is -0.125. The van der Waals surface area contributed by atoms with Crippen molar-refractivity contribution in [2.24, 2.45) is 0 Å². The maximum atomic E-state index is 12.5. The Hall–Kier alpha value is -4.10. The van der Waals surface area contributed by atoms with Gasteiger partial charge in [-0.05, 0) is 158 Å². The van der Waals surface area contributed by atoms with E-state index in [-0.39, 0.29) is 58.2 Å². The Morgan fingerprint density at radius 1 is 0.586 bits per heavy atom. The quantitative estimate of drug-likeness (QED) is 0.0967. The standard InChI is InChI=1S/C29H40N4O2.C29H42N4O.ClH/c1-28(2)13-14-29(3,4)22-18-19(8-9-21(22)28)23-6-5-7-25(32-23)33-16-11-20(12-17-33)31-27(35)26-24(34)10-15-30-26;1-28(2)13-14-29(3,4)23-18-20(8-9-22(23)28)24-6-5-7-27(32-24)33-16-11-21(12-17-33)31-19-25-26(34)10-15-30-25;/h5-9,18,20,24,26,30,34H,10-17H2,1-4H3,(H,31,35);5-9,18,21,25-26,30-31,34H,10-17,19H2,1-4H3;1H/t24-,26-;25-,26+;/m01./s1. The van der Waals surface area contributed by atoms with Gasteiger partial charge in [0.15, 0.2) is 0 Å². The third-order valence-corrected chi connectivity index (χ3v) is 17.2. The predicted octanol–water partition coefficient (Wildman–Crippen LogP) is 8.71. The fourth-order valence-electron chi connectivity index (χ4n) is 12.1. The van der Waals surface area contributed by atoms with Crippen molar-refractivity contribution < 1.29 is 15.0 Å². The van der Waals surface area contributed by atoms with Crippen molar-refractivity contribution in [3.05, 3.63) is 95.1 Å². The number of nitrogens with zero attached hydrogens (tertiary/aromatic N) is 4. The zero-order valence-corrected chi connectivity index (χ0v) is 44.2. The summed E-state index contributed by atoms with van der Waals surface area (Å²) in [6.07, 6.45) is 9.57. The second-order valence-electron chi connectivity index (χ2n) is 24.0. The number of pyridine rings is 2. The number of nitrogens with one attached hydrogen (secondary N) is 4. The van der Waals surface area contributed by atoms with Crippen molar-refractivity contribution in [2.75, 3.05) is 55.6 Å². The van der Waals surface area contributed by atoms with Gasteiger partial charge >= 0.3 is 0 Å². The molecule has 0 spiro atoms. The maximum absolute atomic E-state index is 12.5. The lowest BCUT2D eigenvalue weighted by Gasteiger charge is -2.42. The number of piperidine rings is 2. The lowest BCUT2D eigenvalue weighted by Crippen LogP contribution is -2.52. The van der Waals surface area contributed by atoms with E-state index in [0.29, 0.717) is 19.0 Å². The number of anilines is 2. The first-order valence-electron chi connectivity index (χ1n) is 26.5. The van der Waals surface area contributed by atoms with Gasteiger partial charge in [0.05, 0.1) is 23.6 Å². The molecule has 2 aliphatic carbocycles. The van der Waals surface area contributed by atoms with E-state index in [2.05, 4.69) is 159 Å². The highest BCUT2D eigenvalue weighted by Gasteiger charge is 2.39. The van der Waals surface area contributed by atoms with Gasteiger partial charge in [0.1, 0.15) is 17.7 Å². The number of benzene rings is 2. The first kappa shape index (κ1) is 52.2. The molecule has 0 saturated carbocycles. The summed E-state index contributed by atoms with van der Waals surface area (Å²) >= 11 is 0. The Balaban J connectivity index is 0.000000186. The fourth-order valence-corrected chi connectivity index (χ4v) is 12.1. The van der Waals surface area contributed by atoms with Crippen molar-refractivity contribution in [1.29, 1.82) is 0 Å². The smallest absolute Gasteiger partial charge is 0.240 e. The molecular weight excluding hydrogens is 892 g/mol. The minimum atomic E-state index is -0.581. The molecule has 6 heterocycles. The number of halogens is 1. The van der Waals surface area contributed by atoms with Crippen molar-refractivity contribution in [2.45, 2.75) is 178 Å². The normalized spacial score (nSPS) is 25.7. The van der Waals surface area contributed by atoms with Crippen LogP contribution in [0.3, 0.4) is 0 Å². The van der Waals surface area contributed by atoms with Crippen LogP contribution in [0.4, 0.5) is 11.6 Å². The number of aromatic nitrogens is 2. The summed E-state index contributed by atoms with van der Waals surface area (Å²) in [5.74, 6) is 2.01. The molecule has 4 saturated heterocycles. The number of rotatable bonds is 9. The van der Waals surface area contributed by atoms with Crippen molar-refractivity contribution in [3.8, 4) is 22.5 Å². The van der Waals surface area contributed by atoms with E-state index in [1.54, 1.807) is 0 Å². The Labute approximate surface area is 425 Å². The minimum Gasteiger partial charge on any atom is -0.391 e. The number of hydrogen-bond acceptors (Lipinski definition) is 10. The van der Waals surface area contributed by atoms with Crippen LogP contribution in [-0.2, 0) is 26.5 Å². The molecule has 0 radical (unpaired) electrons. The molecule has 4 aliphatic heterocycles. The number of amides is 1. The molecule has 6 N–H and O–H groups in total. The molecule has 2 aromatic carbocycles. The summed E-state index contributed by atoms with van der Waals surface area (Å²) < 4.78 is 0. The van der Waals surface area contributed by atoms with E-state index in [9.17, 15) is 15.0 Å². The Morgan fingerprint density at radius 3 is 1.47 bits per heavy atom. The van der Waals surface area contributed by atoms with Gasteiger partial charge in [0.25, 0.3) is 0 Å². The maximum Gasteiger partial charge on any atom is 0.240 e. The van der Waals surface area contributed by atoms with Gasteiger partial charge in [-0.3, -0.25) is 4.79 Å². The van der Waals surface area contributed by atoms with Gasteiger partial charge < -0.3 is 41.3 Å². The predicted molar refractivity (Wildman–Crippen MR) is 289 cm³/mol. The molecule has 0 bridgehead atoms. The second kappa shape index (κ2) is 21.2. The summed E-state index contributed by atoms with van der Waals surface area (Å²) in [5.41, 5.74) is 11.2. The van der Waals surface area contributed by atoms with E-state index in [1.807, 2.05) is 0 Å². The third-order valence-electron chi connectivity index (χ3n) is 17.2. The van der Waals surface area contributed by atoms with Crippen LogP contribution in [0.15, 0.2) is 72.8 Å². The van der Waals surface area contributed by atoms with E-state index in [0.717, 1.165) is 94.4 Å². The molecule has 4 atom stereocenters. The van der Waals surface area contributed by atoms with Crippen LogP contribution in [-0.4, -0.2) is 108 Å². The Kier molecular flexibility index (Phi) is 15.8. The van der Waals surface area contributed by atoms with Crippen LogP contribution in [0, 0.1) is 0 Å². The molecule has 10 rings (SSSR count). The molecule has 1 amide bonds. The number of aliphatic hydroxyl groups is 2.